The van der Waals surface area contributed by atoms with Gasteiger partial charge in [-0.2, -0.15) is 0 Å². The van der Waals surface area contributed by atoms with E-state index in [0.717, 1.165) is 10.1 Å². The van der Waals surface area contributed by atoms with Crippen LogP contribution in [0.4, 0.5) is 4.69 Å². The number of rotatable bonds is 3. The van der Waals surface area contributed by atoms with Crippen LogP contribution in [-0.4, -0.2) is 42.7 Å². The molecule has 5 nitrogen and oxygen atoms in total. The fourth-order valence-corrected chi connectivity index (χ4v) is 4.06. The molecule has 6 heteroatoms. The van der Waals surface area contributed by atoms with Crippen molar-refractivity contribution in [2.45, 2.75) is 13.3 Å². The molecule has 102 valence electrons. The molecule has 0 saturated carbocycles. The van der Waals surface area contributed by atoms with E-state index >= 15 is 0 Å². The first-order chi connectivity index (χ1) is 9.58. The molecule has 2 N–H and O–H groups in total. The Labute approximate surface area is 122 Å². The Balaban J connectivity index is 1.79. The topological polar surface area (TPSA) is 76.3 Å². The van der Waals surface area contributed by atoms with E-state index in [0.29, 0.717) is 28.8 Å². The molecule has 0 atom stereocenters. The van der Waals surface area contributed by atoms with Gasteiger partial charge < -0.3 is 0 Å². The average Bonchev–Trinajstić information content (AvgIpc) is 2.87. The van der Waals surface area contributed by atoms with Gasteiger partial charge in [0.25, 0.3) is 0 Å². The third kappa shape index (κ3) is 2.07. The van der Waals surface area contributed by atoms with Crippen LogP contribution in [0.1, 0.15) is 30.8 Å². The number of carbonyl (C=O) groups excluding carboxylic acids is 2. The third-order valence-corrected chi connectivity index (χ3v) is 5.55. The molecule has 1 aromatic heterocycles. The van der Waals surface area contributed by atoms with Crippen molar-refractivity contribution in [2.24, 2.45) is 0 Å². The summed E-state index contributed by atoms with van der Waals surface area (Å²) in [6.45, 7) is 2.31. The minimum absolute atomic E-state index is 0.0583. The fourth-order valence-electron chi connectivity index (χ4n) is 2.34. The van der Waals surface area contributed by atoms with Crippen LogP contribution in [0.3, 0.4) is 0 Å². The number of anilines is 1. The van der Waals surface area contributed by atoms with Crippen LogP contribution in [-0.2, 0) is 6.42 Å². The zero-order valence-electron chi connectivity index (χ0n) is 10.9. The molecule has 3 rings (SSSR count). The van der Waals surface area contributed by atoms with Gasteiger partial charge in [-0.15, -0.1) is 0 Å². The van der Waals surface area contributed by atoms with E-state index < -0.39 is 0 Å². The molecule has 0 bridgehead atoms. The number of nitrogen functional groups attached to an aromatic ring is 1. The summed E-state index contributed by atoms with van der Waals surface area (Å²) >= 11 is 0.0583. The Bertz CT molecular complexity index is 673. The van der Waals surface area contributed by atoms with Gasteiger partial charge in [-0.1, -0.05) is 0 Å². The molecule has 2 aromatic rings. The molecule has 2 heterocycles. The second-order valence-corrected chi connectivity index (χ2v) is 6.96. The molecule has 0 fully saturated rings. The summed E-state index contributed by atoms with van der Waals surface area (Å²) in [5.74, 6) is -0.411. The summed E-state index contributed by atoms with van der Waals surface area (Å²) in [6.07, 6.45) is 0.654. The predicted molar refractivity (Wildman–Crippen MR) is 75.8 cm³/mol. The van der Waals surface area contributed by atoms with Gasteiger partial charge in [0.15, 0.2) is 0 Å². The summed E-state index contributed by atoms with van der Waals surface area (Å²) in [5, 5.41) is 0. The molecule has 2 amide bonds. The van der Waals surface area contributed by atoms with Crippen molar-refractivity contribution in [1.82, 2.24) is 9.88 Å². The number of nitrogens with zero attached hydrogens (tertiary/aromatic N) is 2. The predicted octanol–water partition coefficient (Wildman–Crippen LogP) is 0.868. The van der Waals surface area contributed by atoms with Crippen LogP contribution in [0.5, 0.6) is 0 Å². The van der Waals surface area contributed by atoms with Gasteiger partial charge in [0.2, 0.25) is 0 Å². The van der Waals surface area contributed by atoms with E-state index in [4.69, 9.17) is 5.73 Å². The van der Waals surface area contributed by atoms with Crippen LogP contribution in [0.2, 0.25) is 0 Å². The zero-order chi connectivity index (χ0) is 14.3. The molecule has 1 aliphatic heterocycles. The Morgan fingerprint density at radius 3 is 2.30 bits per heavy atom. The zero-order valence-corrected chi connectivity index (χ0v) is 12.6. The van der Waals surface area contributed by atoms with E-state index in [9.17, 15) is 9.59 Å². The number of benzene rings is 1. The maximum atomic E-state index is 12.2. The van der Waals surface area contributed by atoms with Gasteiger partial charge in [0, 0.05) is 0 Å². The molecule has 0 radical (unpaired) electrons. The van der Waals surface area contributed by atoms with Crippen molar-refractivity contribution in [3.63, 3.8) is 0 Å². The van der Waals surface area contributed by atoms with Crippen LogP contribution in [0.25, 0.3) is 0 Å². The molecular formula is C14H13N3O2Se. The van der Waals surface area contributed by atoms with Crippen molar-refractivity contribution in [2.75, 3.05) is 12.3 Å². The monoisotopic (exact) mass is 335 g/mol. The number of carbonyl (C=O) groups is 2. The first-order valence-electron chi connectivity index (χ1n) is 6.25. The summed E-state index contributed by atoms with van der Waals surface area (Å²) < 4.78 is 1.82. The second-order valence-electron chi connectivity index (χ2n) is 4.62. The molecule has 1 aliphatic rings. The molecular weight excluding hydrogens is 321 g/mol. The van der Waals surface area contributed by atoms with Crippen molar-refractivity contribution < 1.29 is 9.59 Å². The molecule has 0 unspecified atom stereocenters. The number of hydrogen-bond acceptors (Lipinski definition) is 4. The van der Waals surface area contributed by atoms with E-state index in [1.165, 1.54) is 4.90 Å². The molecule has 0 spiro atoms. The van der Waals surface area contributed by atoms with Gasteiger partial charge in [-0.25, -0.2) is 0 Å². The van der Waals surface area contributed by atoms with Gasteiger partial charge in [0.1, 0.15) is 0 Å². The number of aryl methyl sites for hydroxylation is 1. The van der Waals surface area contributed by atoms with Gasteiger partial charge in [-0.3, -0.25) is 0 Å². The Kier molecular flexibility index (Phi) is 3.20. The van der Waals surface area contributed by atoms with Crippen LogP contribution in [0.15, 0.2) is 24.3 Å². The molecule has 0 saturated heterocycles. The Morgan fingerprint density at radius 2 is 1.80 bits per heavy atom. The first-order valence-corrected chi connectivity index (χ1v) is 7.96. The number of imide groups is 1. The number of amides is 2. The second kappa shape index (κ2) is 4.89. The third-order valence-electron chi connectivity index (χ3n) is 3.35. The normalized spacial score (nSPS) is 13.9. The van der Waals surface area contributed by atoms with Crippen molar-refractivity contribution in [3.8, 4) is 0 Å². The summed E-state index contributed by atoms with van der Waals surface area (Å²) in [7, 11) is 0. The standard InChI is InChI=1S/C14H13N3O2Se/c1-8-11(20-14(15)16-8)6-7-17-12(18)9-4-2-3-5-10(9)13(17)19/h2-5H,6-7H2,1H3,(H2,15,16). The van der Waals surface area contributed by atoms with E-state index in [-0.39, 0.29) is 26.3 Å². The number of hydrogen-bond donors (Lipinski definition) is 1. The Morgan fingerprint density at radius 1 is 1.20 bits per heavy atom. The number of fused-ring (bicyclic) bond motifs is 1. The summed E-state index contributed by atoms with van der Waals surface area (Å²) in [6, 6.07) is 6.94. The van der Waals surface area contributed by atoms with E-state index in [2.05, 4.69) is 4.98 Å². The molecule has 20 heavy (non-hydrogen) atoms. The van der Waals surface area contributed by atoms with E-state index in [1.54, 1.807) is 24.3 Å². The van der Waals surface area contributed by atoms with Crippen molar-refractivity contribution in [1.29, 1.82) is 0 Å². The quantitative estimate of drug-likeness (QED) is 0.667. The van der Waals surface area contributed by atoms with Gasteiger partial charge >= 0.3 is 122 Å². The Hall–Kier alpha value is -1.91. The summed E-state index contributed by atoms with van der Waals surface area (Å²) in [5.41, 5.74) is 7.63. The first kappa shape index (κ1) is 13.1. The maximum absolute atomic E-state index is 12.2. The number of aromatic nitrogens is 1. The SMILES string of the molecule is Cc1nc(N)[se]c1CCN1C(=O)c2ccccc2C1=O. The van der Waals surface area contributed by atoms with Gasteiger partial charge in [-0.05, 0) is 0 Å². The van der Waals surface area contributed by atoms with Gasteiger partial charge in [0.05, 0.1) is 0 Å². The van der Waals surface area contributed by atoms with Crippen molar-refractivity contribution in [3.05, 3.63) is 45.5 Å². The van der Waals surface area contributed by atoms with Crippen LogP contribution < -0.4 is 5.73 Å². The van der Waals surface area contributed by atoms with E-state index in [1.807, 2.05) is 6.92 Å². The fraction of sp³-hybridized carbons (Fsp3) is 0.214. The van der Waals surface area contributed by atoms with Crippen LogP contribution >= 0.6 is 0 Å². The minimum atomic E-state index is -0.205. The molecule has 1 aromatic carbocycles. The summed E-state index contributed by atoms with van der Waals surface area (Å²) in [4.78, 5) is 29.9. The van der Waals surface area contributed by atoms with Crippen LogP contribution in [0, 0.1) is 6.92 Å². The van der Waals surface area contributed by atoms with Crippen molar-refractivity contribution >= 4 is 31.0 Å². The number of nitrogens with two attached hydrogens (primary N) is 1. The molecule has 0 aliphatic carbocycles. The average molecular weight is 334 g/mol.